The molecule has 4 atom stereocenters. The molecule has 2 saturated heterocycles. The van der Waals surface area contributed by atoms with Gasteiger partial charge in [0.25, 0.3) is 0 Å². The maximum absolute atomic E-state index is 14.2. The summed E-state index contributed by atoms with van der Waals surface area (Å²) in [7, 11) is -4.34. The summed E-state index contributed by atoms with van der Waals surface area (Å²) in [5.41, 5.74) is 0.402. The number of rotatable bonds is 7. The molecule has 0 radical (unpaired) electrons. The maximum atomic E-state index is 14.2. The Bertz CT molecular complexity index is 936. The molecule has 8 heteroatoms. The van der Waals surface area contributed by atoms with Crippen LogP contribution in [0.2, 0.25) is 36.3 Å². The van der Waals surface area contributed by atoms with E-state index in [-0.39, 0.29) is 21.8 Å². The van der Waals surface area contributed by atoms with Gasteiger partial charge < -0.3 is 13.6 Å². The monoisotopic (exact) mass is 549 g/mol. The number of hydroxylamine groups is 2. The summed E-state index contributed by atoms with van der Waals surface area (Å²) < 4.78 is 20.7. The lowest BCUT2D eigenvalue weighted by atomic mass is 9.83. The zero-order valence-corrected chi connectivity index (χ0v) is 27.3. The van der Waals surface area contributed by atoms with Gasteiger partial charge in [0, 0.05) is 0 Å². The molecule has 3 rings (SSSR count). The highest BCUT2D eigenvalue weighted by atomic mass is 28.4. The summed E-state index contributed by atoms with van der Waals surface area (Å²) in [6.45, 7) is 27.6. The normalized spacial score (nSPS) is 27.7. The van der Waals surface area contributed by atoms with Crippen LogP contribution in [-0.2, 0) is 29.8 Å². The first-order valence-corrected chi connectivity index (χ1v) is 19.6. The van der Waals surface area contributed by atoms with Crippen molar-refractivity contribution in [2.45, 2.75) is 122 Å². The van der Waals surface area contributed by atoms with Crippen LogP contribution >= 0.6 is 0 Å². The standard InChI is InChI=1S/C29H51NO5Si2/c1-27(2,3)36(9,10)33-20-23-26(35-37(11,12)28(4,5)6)24-25(31)22(29(7,8)34-23)19-32-30(24)18-21-16-14-13-15-17-21/h13-17,22-24,26H,18-20H2,1-12H3/t22-,23-,24+,26+/m0/s1. The van der Waals surface area contributed by atoms with Gasteiger partial charge in [0.05, 0.1) is 37.4 Å². The van der Waals surface area contributed by atoms with Gasteiger partial charge >= 0.3 is 0 Å². The topological polar surface area (TPSA) is 57.2 Å². The second-order valence-electron chi connectivity index (χ2n) is 14.4. The molecule has 0 N–H and O–H groups in total. The predicted octanol–water partition coefficient (Wildman–Crippen LogP) is 6.58. The van der Waals surface area contributed by atoms with E-state index in [0.29, 0.717) is 19.8 Å². The Hall–Kier alpha value is -0.876. The Balaban J connectivity index is 2.06. The average Bonchev–Trinajstić information content (AvgIpc) is 2.78. The lowest BCUT2D eigenvalue weighted by Gasteiger charge is -2.46. The van der Waals surface area contributed by atoms with Gasteiger partial charge in [-0.1, -0.05) is 71.9 Å². The van der Waals surface area contributed by atoms with Crippen molar-refractivity contribution < 1.29 is 23.2 Å². The summed E-state index contributed by atoms with van der Waals surface area (Å²) in [6, 6.07) is 9.60. The first-order chi connectivity index (χ1) is 16.8. The molecule has 210 valence electrons. The molecular formula is C29H51NO5Si2. The van der Waals surface area contributed by atoms with Crippen LogP contribution in [0.1, 0.15) is 61.0 Å². The Labute approximate surface area is 227 Å². The van der Waals surface area contributed by atoms with Crippen LogP contribution < -0.4 is 0 Å². The van der Waals surface area contributed by atoms with E-state index in [1.54, 1.807) is 0 Å². The van der Waals surface area contributed by atoms with Crippen LogP contribution in [-0.4, -0.2) is 64.5 Å². The van der Waals surface area contributed by atoms with Crippen LogP contribution in [0.15, 0.2) is 30.3 Å². The summed E-state index contributed by atoms with van der Waals surface area (Å²) in [4.78, 5) is 20.5. The number of hydrogen-bond donors (Lipinski definition) is 0. The third kappa shape index (κ3) is 6.65. The number of benzene rings is 1. The number of carbonyl (C=O) groups excluding carboxylic acids is 1. The second-order valence-corrected chi connectivity index (χ2v) is 24.0. The summed E-state index contributed by atoms with van der Waals surface area (Å²) >= 11 is 0. The van der Waals surface area contributed by atoms with Crippen LogP contribution in [0.3, 0.4) is 0 Å². The minimum absolute atomic E-state index is 0.0259. The average molecular weight is 550 g/mol. The Morgan fingerprint density at radius 1 is 0.973 bits per heavy atom. The number of hydrogen-bond acceptors (Lipinski definition) is 6. The van der Waals surface area contributed by atoms with E-state index in [4.69, 9.17) is 18.4 Å². The molecule has 2 aliphatic heterocycles. The molecule has 37 heavy (non-hydrogen) atoms. The van der Waals surface area contributed by atoms with E-state index in [1.807, 2.05) is 37.1 Å². The fourth-order valence-corrected chi connectivity index (χ4v) is 6.82. The van der Waals surface area contributed by atoms with Crippen molar-refractivity contribution in [1.82, 2.24) is 5.06 Å². The molecule has 1 aromatic rings. The van der Waals surface area contributed by atoms with Crippen LogP contribution in [0.25, 0.3) is 0 Å². The minimum Gasteiger partial charge on any atom is -0.414 e. The first kappa shape index (κ1) is 30.7. The number of fused-ring (bicyclic) bond motifs is 2. The molecule has 2 aliphatic rings. The maximum Gasteiger partial charge on any atom is 0.192 e. The lowest BCUT2D eigenvalue weighted by molar-refractivity contribution is -0.239. The van der Waals surface area contributed by atoms with Crippen LogP contribution in [0, 0.1) is 5.92 Å². The van der Waals surface area contributed by atoms with Crippen LogP contribution in [0.4, 0.5) is 0 Å². The van der Waals surface area contributed by atoms with Crippen molar-refractivity contribution in [2.75, 3.05) is 13.2 Å². The molecule has 1 aromatic carbocycles. The number of carbonyl (C=O) groups is 1. The van der Waals surface area contributed by atoms with Crippen molar-refractivity contribution in [3.63, 3.8) is 0 Å². The van der Waals surface area contributed by atoms with Gasteiger partial charge in [-0.05, 0) is 55.7 Å². The van der Waals surface area contributed by atoms with Crippen molar-refractivity contribution >= 4 is 22.4 Å². The lowest BCUT2D eigenvalue weighted by Crippen LogP contribution is -2.62. The molecule has 0 aliphatic carbocycles. The van der Waals surface area contributed by atoms with Gasteiger partial charge in [0.15, 0.2) is 22.4 Å². The third-order valence-corrected chi connectivity index (χ3v) is 18.1. The molecule has 0 spiro atoms. The molecular weight excluding hydrogens is 498 g/mol. The van der Waals surface area contributed by atoms with Crippen molar-refractivity contribution in [3.8, 4) is 0 Å². The SMILES string of the molecule is CC1(C)O[C@@H](CO[Si](C)(C)C(C)(C)C)[C@@H](O[Si](C)(C)C(C)(C)C)[C@H]2C(=O)[C@@H]1CON2Cc1ccccc1. The number of nitrogens with zero attached hydrogens (tertiary/aromatic N) is 1. The van der Waals surface area contributed by atoms with Crippen LogP contribution in [0.5, 0.6) is 0 Å². The largest absolute Gasteiger partial charge is 0.414 e. The highest BCUT2D eigenvalue weighted by Crippen LogP contribution is 2.44. The van der Waals surface area contributed by atoms with E-state index in [0.717, 1.165) is 5.56 Å². The molecule has 0 amide bonds. The Kier molecular flexibility index (Phi) is 8.78. The Morgan fingerprint density at radius 2 is 1.54 bits per heavy atom. The van der Waals surface area contributed by atoms with E-state index in [2.05, 4.69) is 79.9 Å². The van der Waals surface area contributed by atoms with Crippen molar-refractivity contribution in [2.24, 2.45) is 5.92 Å². The molecule has 0 unspecified atom stereocenters. The fourth-order valence-electron chi connectivity index (χ4n) is 4.49. The molecule has 2 heterocycles. The molecule has 0 saturated carbocycles. The summed E-state index contributed by atoms with van der Waals surface area (Å²) in [5.74, 6) is -0.223. The van der Waals surface area contributed by atoms with Crippen molar-refractivity contribution in [3.05, 3.63) is 35.9 Å². The van der Waals surface area contributed by atoms with E-state index < -0.39 is 40.5 Å². The predicted molar refractivity (Wildman–Crippen MR) is 154 cm³/mol. The fraction of sp³-hybridized carbons (Fsp3) is 0.759. The van der Waals surface area contributed by atoms with Gasteiger partial charge in [0.1, 0.15) is 12.1 Å². The van der Waals surface area contributed by atoms with Gasteiger partial charge in [0.2, 0.25) is 0 Å². The quantitative estimate of drug-likeness (QED) is 0.358. The van der Waals surface area contributed by atoms with E-state index in [1.165, 1.54) is 0 Å². The molecule has 0 aromatic heterocycles. The number of Topliss-reactive ketones (excluding diaryl/α,β-unsaturated/α-hetero) is 1. The molecule has 2 bridgehead atoms. The van der Waals surface area contributed by atoms with E-state index >= 15 is 0 Å². The van der Waals surface area contributed by atoms with E-state index in [9.17, 15) is 4.79 Å². The number of ether oxygens (including phenoxy) is 1. The molecule has 6 nitrogen and oxygen atoms in total. The zero-order chi connectivity index (χ0) is 28.0. The summed E-state index contributed by atoms with van der Waals surface area (Å²) in [6.07, 6.45) is -0.886. The number of ketones is 1. The first-order valence-electron chi connectivity index (χ1n) is 13.7. The highest BCUT2D eigenvalue weighted by molar-refractivity contribution is 6.74. The zero-order valence-electron chi connectivity index (χ0n) is 25.3. The summed E-state index contributed by atoms with van der Waals surface area (Å²) in [5, 5.41) is 1.90. The minimum atomic E-state index is -2.28. The van der Waals surface area contributed by atoms with Gasteiger partial charge in [-0.25, -0.2) is 0 Å². The smallest absolute Gasteiger partial charge is 0.192 e. The Morgan fingerprint density at radius 3 is 2.08 bits per heavy atom. The highest BCUT2D eigenvalue weighted by Gasteiger charge is 2.57. The molecule has 2 fully saturated rings. The van der Waals surface area contributed by atoms with Gasteiger partial charge in [-0.3, -0.25) is 9.63 Å². The van der Waals surface area contributed by atoms with Crippen molar-refractivity contribution in [1.29, 1.82) is 0 Å². The third-order valence-electron chi connectivity index (χ3n) is 9.16. The van der Waals surface area contributed by atoms with Gasteiger partial charge in [-0.15, -0.1) is 0 Å². The van der Waals surface area contributed by atoms with Gasteiger partial charge in [-0.2, -0.15) is 5.06 Å². The second kappa shape index (κ2) is 10.6.